The Morgan fingerprint density at radius 1 is 1.11 bits per heavy atom. The number of aromatic nitrogens is 3. The quantitative estimate of drug-likeness (QED) is 0.743. The first-order chi connectivity index (χ1) is 13.7. The molecule has 1 fully saturated rings. The number of rotatable bonds is 5. The lowest BCUT2D eigenvalue weighted by Gasteiger charge is -2.16. The predicted octanol–water partition coefficient (Wildman–Crippen LogP) is 2.74. The number of nitrogens with zero attached hydrogens (tertiary/aromatic N) is 4. The van der Waals surface area contributed by atoms with E-state index in [1.165, 1.54) is 5.56 Å². The predicted molar refractivity (Wildman–Crippen MR) is 105 cm³/mol. The number of aliphatic hydroxyl groups excluding tert-OH is 1. The average molecular weight is 374 g/mol. The number of hydrogen-bond donors (Lipinski definition) is 1. The van der Waals surface area contributed by atoms with Gasteiger partial charge in [-0.2, -0.15) is 0 Å². The van der Waals surface area contributed by atoms with Gasteiger partial charge in [0, 0.05) is 43.4 Å². The lowest BCUT2D eigenvalue weighted by molar-refractivity contribution is 0.0786. The van der Waals surface area contributed by atoms with Crippen molar-refractivity contribution < 1.29 is 9.90 Å². The Labute approximate surface area is 163 Å². The Balaban J connectivity index is 1.39. The van der Waals surface area contributed by atoms with Gasteiger partial charge in [0.25, 0.3) is 5.91 Å². The molecule has 0 radical (unpaired) electrons. The van der Waals surface area contributed by atoms with E-state index in [1.807, 2.05) is 35.2 Å². The maximum atomic E-state index is 12.8. The van der Waals surface area contributed by atoms with Gasteiger partial charge in [-0.25, -0.2) is 9.97 Å². The molecular formula is C22H22N4O2. The molecule has 28 heavy (non-hydrogen) atoms. The Kier molecular flexibility index (Phi) is 5.39. The van der Waals surface area contributed by atoms with Crippen LogP contribution in [0.2, 0.25) is 0 Å². The minimum atomic E-state index is -0.0238. The minimum Gasteiger partial charge on any atom is -0.392 e. The lowest BCUT2D eigenvalue weighted by atomic mass is 9.97. The van der Waals surface area contributed by atoms with Gasteiger partial charge in [-0.1, -0.05) is 24.3 Å². The van der Waals surface area contributed by atoms with E-state index in [0.717, 1.165) is 37.1 Å². The fourth-order valence-electron chi connectivity index (χ4n) is 3.64. The highest BCUT2D eigenvalue weighted by molar-refractivity contribution is 5.94. The van der Waals surface area contributed by atoms with E-state index in [-0.39, 0.29) is 12.5 Å². The maximum Gasteiger partial charge on any atom is 0.257 e. The molecule has 1 aliphatic rings. The van der Waals surface area contributed by atoms with Crippen molar-refractivity contribution in [2.75, 3.05) is 13.1 Å². The van der Waals surface area contributed by atoms with Gasteiger partial charge in [-0.05, 0) is 42.0 Å². The van der Waals surface area contributed by atoms with E-state index in [1.54, 1.807) is 24.8 Å². The van der Waals surface area contributed by atoms with E-state index in [4.69, 9.17) is 0 Å². The van der Waals surface area contributed by atoms with Crippen molar-refractivity contribution in [2.24, 2.45) is 5.92 Å². The van der Waals surface area contributed by atoms with Gasteiger partial charge in [0.15, 0.2) is 5.82 Å². The molecule has 0 bridgehead atoms. The van der Waals surface area contributed by atoms with Crippen LogP contribution in [0.25, 0.3) is 11.4 Å². The molecule has 1 amide bonds. The molecule has 1 atom stereocenters. The fraction of sp³-hybridized carbons (Fsp3) is 0.273. The molecule has 0 spiro atoms. The third kappa shape index (κ3) is 4.07. The number of pyridine rings is 1. The molecule has 3 heterocycles. The van der Waals surface area contributed by atoms with Gasteiger partial charge in [-0.3, -0.25) is 9.78 Å². The molecule has 1 aliphatic heterocycles. The average Bonchev–Trinajstić information content (AvgIpc) is 3.22. The topological polar surface area (TPSA) is 79.2 Å². The highest BCUT2D eigenvalue weighted by Crippen LogP contribution is 2.23. The van der Waals surface area contributed by atoms with E-state index in [0.29, 0.717) is 17.3 Å². The Morgan fingerprint density at radius 3 is 2.68 bits per heavy atom. The van der Waals surface area contributed by atoms with Crippen LogP contribution in [0.4, 0.5) is 0 Å². The van der Waals surface area contributed by atoms with Crippen molar-refractivity contribution in [3.63, 3.8) is 0 Å². The second kappa shape index (κ2) is 8.27. The first kappa shape index (κ1) is 18.3. The van der Waals surface area contributed by atoms with E-state index in [9.17, 15) is 9.90 Å². The van der Waals surface area contributed by atoms with Crippen molar-refractivity contribution >= 4 is 5.91 Å². The molecule has 0 unspecified atom stereocenters. The van der Waals surface area contributed by atoms with Crippen LogP contribution in [0.3, 0.4) is 0 Å². The zero-order valence-electron chi connectivity index (χ0n) is 15.5. The van der Waals surface area contributed by atoms with Gasteiger partial charge in [0.1, 0.15) is 0 Å². The zero-order valence-corrected chi connectivity index (χ0v) is 15.5. The smallest absolute Gasteiger partial charge is 0.257 e. The van der Waals surface area contributed by atoms with Crippen LogP contribution in [0.1, 0.15) is 27.9 Å². The number of benzene rings is 1. The fourth-order valence-corrected chi connectivity index (χ4v) is 3.64. The van der Waals surface area contributed by atoms with Gasteiger partial charge in [0.2, 0.25) is 0 Å². The van der Waals surface area contributed by atoms with E-state index >= 15 is 0 Å². The van der Waals surface area contributed by atoms with Crippen LogP contribution in [0.15, 0.2) is 61.2 Å². The normalized spacial score (nSPS) is 16.3. The third-order valence-electron chi connectivity index (χ3n) is 5.09. The van der Waals surface area contributed by atoms with Gasteiger partial charge in [-0.15, -0.1) is 0 Å². The van der Waals surface area contributed by atoms with Gasteiger partial charge < -0.3 is 10.0 Å². The first-order valence-corrected chi connectivity index (χ1v) is 9.43. The molecule has 2 aromatic heterocycles. The summed E-state index contributed by atoms with van der Waals surface area (Å²) in [5.41, 5.74) is 3.47. The van der Waals surface area contributed by atoms with Crippen LogP contribution in [0, 0.1) is 5.92 Å². The van der Waals surface area contributed by atoms with Crippen molar-refractivity contribution in [3.05, 3.63) is 77.9 Å². The summed E-state index contributed by atoms with van der Waals surface area (Å²) in [7, 11) is 0. The number of aliphatic hydroxyl groups is 1. The Morgan fingerprint density at radius 2 is 1.93 bits per heavy atom. The zero-order chi connectivity index (χ0) is 19.3. The lowest BCUT2D eigenvalue weighted by Crippen LogP contribution is -2.29. The number of hydrogen-bond acceptors (Lipinski definition) is 5. The van der Waals surface area contributed by atoms with Crippen molar-refractivity contribution in [2.45, 2.75) is 19.4 Å². The number of carbonyl (C=O) groups excluding carboxylic acids is 1. The molecule has 3 aromatic rings. The second-order valence-corrected chi connectivity index (χ2v) is 7.13. The summed E-state index contributed by atoms with van der Waals surface area (Å²) in [6, 6.07) is 11.7. The monoisotopic (exact) mass is 374 g/mol. The molecule has 1 N–H and O–H groups in total. The van der Waals surface area contributed by atoms with Gasteiger partial charge in [0.05, 0.1) is 12.2 Å². The highest BCUT2D eigenvalue weighted by Gasteiger charge is 2.27. The van der Waals surface area contributed by atoms with Crippen LogP contribution >= 0.6 is 0 Å². The summed E-state index contributed by atoms with van der Waals surface area (Å²) in [5, 5.41) is 9.29. The molecule has 4 rings (SSSR count). The van der Waals surface area contributed by atoms with E-state index < -0.39 is 0 Å². The van der Waals surface area contributed by atoms with Crippen molar-refractivity contribution in [1.82, 2.24) is 19.9 Å². The van der Waals surface area contributed by atoms with Crippen molar-refractivity contribution in [1.29, 1.82) is 0 Å². The molecule has 0 saturated carbocycles. The largest absolute Gasteiger partial charge is 0.392 e. The maximum absolute atomic E-state index is 12.8. The molecule has 142 valence electrons. The van der Waals surface area contributed by atoms with E-state index in [2.05, 4.69) is 21.0 Å². The molecule has 1 saturated heterocycles. The molecule has 0 aliphatic carbocycles. The number of likely N-dealkylation sites (tertiary alicyclic amines) is 1. The van der Waals surface area contributed by atoms with Crippen LogP contribution < -0.4 is 0 Å². The van der Waals surface area contributed by atoms with Crippen LogP contribution in [0.5, 0.6) is 0 Å². The summed E-state index contributed by atoms with van der Waals surface area (Å²) in [5.74, 6) is 0.963. The van der Waals surface area contributed by atoms with Crippen LogP contribution in [-0.4, -0.2) is 44.0 Å². The third-order valence-corrected chi connectivity index (χ3v) is 5.09. The van der Waals surface area contributed by atoms with Crippen LogP contribution in [-0.2, 0) is 13.0 Å². The summed E-state index contributed by atoms with van der Waals surface area (Å²) in [4.78, 5) is 27.4. The summed E-state index contributed by atoms with van der Waals surface area (Å²) < 4.78 is 0. The first-order valence-electron chi connectivity index (χ1n) is 9.43. The molecule has 6 nitrogen and oxygen atoms in total. The molecule has 6 heteroatoms. The minimum absolute atomic E-state index is 0.0238. The molecule has 1 aromatic carbocycles. The van der Waals surface area contributed by atoms with Crippen molar-refractivity contribution in [3.8, 4) is 11.4 Å². The second-order valence-electron chi connectivity index (χ2n) is 7.13. The standard InChI is InChI=1S/C22H22N4O2/c27-15-18-4-1-3-16(10-18)9-17-6-8-26(14-17)22(28)20-12-24-21(25-13-20)19-5-2-7-23-11-19/h1-5,7,10-13,17,27H,6,8-9,14-15H2/t17-/m1/s1. The summed E-state index contributed by atoms with van der Waals surface area (Å²) in [6.45, 7) is 1.53. The highest BCUT2D eigenvalue weighted by atomic mass is 16.3. The Bertz CT molecular complexity index is 944. The molecular weight excluding hydrogens is 352 g/mol. The summed E-state index contributed by atoms with van der Waals surface area (Å²) in [6.07, 6.45) is 8.47. The number of carbonyl (C=O) groups is 1. The number of amides is 1. The SMILES string of the molecule is O=C(c1cnc(-c2cccnc2)nc1)N1CC[C@H](Cc2cccc(CO)c2)C1. The van der Waals surface area contributed by atoms with Gasteiger partial charge >= 0.3 is 0 Å². The summed E-state index contributed by atoms with van der Waals surface area (Å²) >= 11 is 0. The Hall–Kier alpha value is -3.12.